The van der Waals surface area contributed by atoms with Crippen molar-refractivity contribution in [3.63, 3.8) is 0 Å². The molecule has 0 saturated heterocycles. The molecule has 5 aromatic rings. The number of Topliss-reactive ketones (excluding diaryl/α,β-unsaturated/α-hetero) is 1. The van der Waals surface area contributed by atoms with Gasteiger partial charge in [-0.1, -0.05) is 164 Å². The average molecular weight is 544 g/mol. The summed E-state index contributed by atoms with van der Waals surface area (Å²) in [6.45, 7) is 0.534. The summed E-state index contributed by atoms with van der Waals surface area (Å²) in [5.74, 6) is -0.422. The van der Waals surface area contributed by atoms with Crippen molar-refractivity contribution in [2.45, 2.75) is 24.8 Å². The first-order valence-corrected chi connectivity index (χ1v) is 14.5. The van der Waals surface area contributed by atoms with Crippen molar-refractivity contribution in [2.24, 2.45) is 4.99 Å². The van der Waals surface area contributed by atoms with Crippen molar-refractivity contribution in [1.82, 2.24) is 0 Å². The summed E-state index contributed by atoms with van der Waals surface area (Å²) >= 11 is 0. The Morgan fingerprint density at radius 2 is 0.881 bits per heavy atom. The molecule has 0 radical (unpaired) electrons. The largest absolute Gasteiger partial charge is 0.293 e. The van der Waals surface area contributed by atoms with E-state index in [9.17, 15) is 4.79 Å². The van der Waals surface area contributed by atoms with Gasteiger partial charge in [-0.25, -0.2) is 0 Å². The third-order valence-corrected chi connectivity index (χ3v) is 7.82. The number of allylic oxidation sites excluding steroid dienone is 4. The van der Waals surface area contributed by atoms with Crippen LogP contribution in [0.25, 0.3) is 0 Å². The van der Waals surface area contributed by atoms with Crippen molar-refractivity contribution >= 4 is 11.5 Å². The third kappa shape index (κ3) is 5.99. The van der Waals surface area contributed by atoms with Crippen LogP contribution in [0.5, 0.6) is 0 Å². The zero-order chi connectivity index (χ0) is 28.6. The zero-order valence-corrected chi connectivity index (χ0v) is 23.5. The number of nitrogens with zero attached hydrogens (tertiary/aromatic N) is 1. The minimum atomic E-state index is -0.401. The summed E-state index contributed by atoms with van der Waals surface area (Å²) in [5.41, 5.74) is 8.03. The SMILES string of the molecule is O=C(C1=CCC=C1C(=NCc1ccccc1)C(c1ccccc1)c1ccccc1)C(c1ccccc1)c1ccccc1. The molecule has 204 valence electrons. The maximum atomic E-state index is 14.7. The normalized spacial score (nSPS) is 13.2. The Bertz CT molecular complexity index is 1630. The molecule has 0 unspecified atom stereocenters. The molecule has 0 saturated carbocycles. The molecular formula is C40H33NO. The molecule has 1 aliphatic carbocycles. The molecule has 0 bridgehead atoms. The summed E-state index contributed by atoms with van der Waals surface area (Å²) in [5, 5.41) is 0. The van der Waals surface area contributed by atoms with Gasteiger partial charge in [0.1, 0.15) is 0 Å². The van der Waals surface area contributed by atoms with Gasteiger partial charge in [0.25, 0.3) is 0 Å². The first-order chi connectivity index (χ1) is 20.8. The average Bonchev–Trinajstić information content (AvgIpc) is 3.55. The minimum Gasteiger partial charge on any atom is -0.293 e. The number of benzene rings is 5. The predicted octanol–water partition coefficient (Wildman–Crippen LogP) is 9.12. The van der Waals surface area contributed by atoms with Gasteiger partial charge in [0.2, 0.25) is 0 Å². The fraction of sp³-hybridized carbons (Fsp3) is 0.100. The number of hydrogen-bond acceptors (Lipinski definition) is 2. The Morgan fingerprint density at radius 3 is 1.33 bits per heavy atom. The maximum absolute atomic E-state index is 14.7. The van der Waals surface area contributed by atoms with E-state index in [2.05, 4.69) is 97.1 Å². The summed E-state index contributed by atoms with van der Waals surface area (Å²) in [4.78, 5) is 20.0. The second-order valence-corrected chi connectivity index (χ2v) is 10.5. The highest BCUT2D eigenvalue weighted by Gasteiger charge is 2.33. The van der Waals surface area contributed by atoms with Gasteiger partial charge in [0, 0.05) is 11.1 Å². The van der Waals surface area contributed by atoms with Crippen LogP contribution in [0, 0.1) is 0 Å². The van der Waals surface area contributed by atoms with E-state index in [-0.39, 0.29) is 11.7 Å². The van der Waals surface area contributed by atoms with Crippen LogP contribution in [-0.4, -0.2) is 11.5 Å². The quantitative estimate of drug-likeness (QED) is 0.162. The van der Waals surface area contributed by atoms with E-state index in [0.717, 1.165) is 44.7 Å². The summed E-state index contributed by atoms with van der Waals surface area (Å²) in [7, 11) is 0. The van der Waals surface area contributed by atoms with E-state index in [1.807, 2.05) is 66.7 Å². The monoisotopic (exact) mass is 543 g/mol. The lowest BCUT2D eigenvalue weighted by Gasteiger charge is -2.25. The number of carbonyl (C=O) groups excluding carboxylic acids is 1. The van der Waals surface area contributed by atoms with Gasteiger partial charge in [0.05, 0.1) is 24.1 Å². The van der Waals surface area contributed by atoms with Crippen LogP contribution in [0.3, 0.4) is 0 Å². The molecule has 0 heterocycles. The van der Waals surface area contributed by atoms with Gasteiger partial charge < -0.3 is 0 Å². The Morgan fingerprint density at radius 1 is 0.500 bits per heavy atom. The van der Waals surface area contributed by atoms with Crippen LogP contribution >= 0.6 is 0 Å². The van der Waals surface area contributed by atoms with Crippen molar-refractivity contribution in [1.29, 1.82) is 0 Å². The maximum Gasteiger partial charge on any atom is 0.175 e. The molecule has 1 aliphatic rings. The van der Waals surface area contributed by atoms with Crippen LogP contribution in [0.2, 0.25) is 0 Å². The van der Waals surface area contributed by atoms with Gasteiger partial charge in [-0.05, 0) is 34.2 Å². The number of ketones is 1. The van der Waals surface area contributed by atoms with E-state index in [1.165, 1.54) is 0 Å². The van der Waals surface area contributed by atoms with Gasteiger partial charge in [-0.3, -0.25) is 9.79 Å². The lowest BCUT2D eigenvalue weighted by molar-refractivity contribution is -0.115. The Hall–Kier alpha value is -5.08. The van der Waals surface area contributed by atoms with E-state index in [1.54, 1.807) is 0 Å². The summed E-state index contributed by atoms with van der Waals surface area (Å²) in [6.07, 6.45) is 4.97. The second kappa shape index (κ2) is 13.1. The Balaban J connectivity index is 1.47. The highest BCUT2D eigenvalue weighted by atomic mass is 16.1. The molecule has 42 heavy (non-hydrogen) atoms. The standard InChI is InChI=1S/C40H33NO/c42-40(38(33-23-12-4-13-24-33)34-25-14-5-15-26-34)36-28-16-27-35(36)39(41-29-30-17-6-1-7-18-30)37(31-19-8-2-9-20-31)32-21-10-3-11-22-32/h1-15,17-28,37-38H,16,29H2. The number of rotatable bonds is 10. The van der Waals surface area contributed by atoms with Crippen molar-refractivity contribution < 1.29 is 4.79 Å². The van der Waals surface area contributed by atoms with Crippen molar-refractivity contribution in [3.8, 4) is 0 Å². The van der Waals surface area contributed by atoms with Crippen molar-refractivity contribution in [3.05, 3.63) is 203 Å². The molecule has 0 fully saturated rings. The zero-order valence-electron chi connectivity index (χ0n) is 23.5. The highest BCUT2D eigenvalue weighted by molar-refractivity contribution is 6.20. The van der Waals surface area contributed by atoms with Crippen LogP contribution in [0.15, 0.2) is 180 Å². The highest BCUT2D eigenvalue weighted by Crippen LogP contribution is 2.38. The lowest BCUT2D eigenvalue weighted by Crippen LogP contribution is -2.23. The molecule has 2 heteroatoms. The fourth-order valence-corrected chi connectivity index (χ4v) is 5.82. The Kier molecular flexibility index (Phi) is 8.43. The molecule has 0 atom stereocenters. The molecule has 0 amide bonds. The lowest BCUT2D eigenvalue weighted by atomic mass is 9.78. The van der Waals surface area contributed by atoms with Crippen LogP contribution in [0.4, 0.5) is 0 Å². The van der Waals surface area contributed by atoms with E-state index < -0.39 is 5.92 Å². The topological polar surface area (TPSA) is 29.4 Å². The summed E-state index contributed by atoms with van der Waals surface area (Å²) < 4.78 is 0. The second-order valence-electron chi connectivity index (χ2n) is 10.5. The van der Waals surface area contributed by atoms with E-state index in [0.29, 0.717) is 13.0 Å². The number of hydrogen-bond donors (Lipinski definition) is 0. The van der Waals surface area contributed by atoms with E-state index >= 15 is 0 Å². The molecule has 5 aromatic carbocycles. The van der Waals surface area contributed by atoms with Gasteiger partial charge in [0.15, 0.2) is 5.78 Å². The molecular weight excluding hydrogens is 510 g/mol. The first kappa shape index (κ1) is 27.1. The third-order valence-electron chi connectivity index (χ3n) is 7.82. The van der Waals surface area contributed by atoms with Crippen LogP contribution in [-0.2, 0) is 11.3 Å². The number of aliphatic imine (C=N–C) groups is 1. The smallest absolute Gasteiger partial charge is 0.175 e. The molecule has 0 N–H and O–H groups in total. The Labute approximate surface area is 248 Å². The fourth-order valence-electron chi connectivity index (χ4n) is 5.82. The van der Waals surface area contributed by atoms with Gasteiger partial charge in [-0.15, -0.1) is 0 Å². The first-order valence-electron chi connectivity index (χ1n) is 14.5. The summed E-state index contributed by atoms with van der Waals surface area (Å²) in [6, 6.07) is 51.6. The van der Waals surface area contributed by atoms with Gasteiger partial charge in [-0.2, -0.15) is 0 Å². The number of carbonyl (C=O) groups is 1. The van der Waals surface area contributed by atoms with Crippen LogP contribution in [0.1, 0.15) is 46.1 Å². The predicted molar refractivity (Wildman–Crippen MR) is 173 cm³/mol. The molecule has 0 aromatic heterocycles. The van der Waals surface area contributed by atoms with Crippen molar-refractivity contribution in [2.75, 3.05) is 0 Å². The molecule has 6 rings (SSSR count). The van der Waals surface area contributed by atoms with Crippen LogP contribution < -0.4 is 0 Å². The minimum absolute atomic E-state index is 0.100. The van der Waals surface area contributed by atoms with E-state index in [4.69, 9.17) is 4.99 Å². The van der Waals surface area contributed by atoms with Gasteiger partial charge >= 0.3 is 0 Å². The molecule has 2 nitrogen and oxygen atoms in total. The molecule has 0 spiro atoms. The molecule has 0 aliphatic heterocycles.